The number of carbonyl (C=O) groups excluding carboxylic acids is 2. The van der Waals surface area contributed by atoms with E-state index in [0.717, 1.165) is 16.7 Å². The molecule has 2 heterocycles. The molecule has 2 aromatic carbocycles. The minimum absolute atomic E-state index is 0.0119. The van der Waals surface area contributed by atoms with E-state index in [1.165, 1.54) is 18.5 Å². The van der Waals surface area contributed by atoms with Crippen LogP contribution >= 0.6 is 0 Å². The van der Waals surface area contributed by atoms with Crippen molar-refractivity contribution in [2.24, 2.45) is 0 Å². The number of nitrogens with zero attached hydrogens (tertiary/aromatic N) is 2. The van der Waals surface area contributed by atoms with Crippen LogP contribution in [0.3, 0.4) is 0 Å². The Morgan fingerprint density at radius 1 is 1.09 bits per heavy atom. The maximum Gasteiger partial charge on any atom is 0.573 e. The van der Waals surface area contributed by atoms with Crippen LogP contribution in [0.5, 0.6) is 5.75 Å². The Balaban J connectivity index is 1.34. The van der Waals surface area contributed by atoms with Gasteiger partial charge in [0.15, 0.2) is 6.61 Å². The Morgan fingerprint density at radius 3 is 2.55 bits per heavy atom. The van der Waals surface area contributed by atoms with Crippen LogP contribution in [0.2, 0.25) is 0 Å². The van der Waals surface area contributed by atoms with Crippen molar-refractivity contribution in [3.63, 3.8) is 0 Å². The van der Waals surface area contributed by atoms with Crippen LogP contribution in [0.1, 0.15) is 0 Å². The minimum Gasteiger partial charge on any atom is -0.454 e. The van der Waals surface area contributed by atoms with Crippen molar-refractivity contribution >= 4 is 39.6 Å². The number of amides is 1. The number of fused-ring (bicyclic) bond motifs is 3. The standard InChI is InChI=1S/C21H14F3N3O6/c22-21(23,24)33-13-7-5-12(6-8-13)26-16(28)10-31-17(29)9-27-11-25-18-14-3-1-2-4-15(14)32-19(18)20(27)30/h1-8,11H,9-10H2,(H,26,28). The summed E-state index contributed by atoms with van der Waals surface area (Å²) in [5.41, 5.74) is 0.417. The van der Waals surface area contributed by atoms with Crippen molar-refractivity contribution in [3.8, 4) is 5.75 Å². The molecule has 0 saturated heterocycles. The van der Waals surface area contributed by atoms with Crippen molar-refractivity contribution in [1.82, 2.24) is 9.55 Å². The lowest BCUT2D eigenvalue weighted by Gasteiger charge is -2.10. The molecule has 0 bridgehead atoms. The highest BCUT2D eigenvalue weighted by Crippen LogP contribution is 2.25. The van der Waals surface area contributed by atoms with Gasteiger partial charge in [0.1, 0.15) is 23.4 Å². The van der Waals surface area contributed by atoms with Gasteiger partial charge in [-0.2, -0.15) is 0 Å². The van der Waals surface area contributed by atoms with E-state index in [1.807, 2.05) is 0 Å². The lowest BCUT2D eigenvalue weighted by atomic mass is 10.2. The summed E-state index contributed by atoms with van der Waals surface area (Å²) < 4.78 is 51.6. The van der Waals surface area contributed by atoms with Gasteiger partial charge in [0, 0.05) is 11.1 Å². The summed E-state index contributed by atoms with van der Waals surface area (Å²) in [7, 11) is 0. The van der Waals surface area contributed by atoms with Crippen molar-refractivity contribution in [3.05, 3.63) is 65.2 Å². The number of furan rings is 1. The molecule has 12 heteroatoms. The topological polar surface area (TPSA) is 113 Å². The summed E-state index contributed by atoms with van der Waals surface area (Å²) >= 11 is 0. The Bertz CT molecular complexity index is 1390. The Kier molecular flexibility index (Phi) is 5.73. The number of para-hydroxylation sites is 1. The molecule has 0 aliphatic rings. The molecule has 1 amide bonds. The number of halogens is 3. The molecule has 0 aliphatic carbocycles. The summed E-state index contributed by atoms with van der Waals surface area (Å²) in [5, 5.41) is 3.01. The van der Waals surface area contributed by atoms with Crippen LogP contribution in [0.15, 0.2) is 64.1 Å². The number of nitrogens with one attached hydrogen (secondary N) is 1. The smallest absolute Gasteiger partial charge is 0.454 e. The number of alkyl halides is 3. The van der Waals surface area contributed by atoms with Crippen molar-refractivity contribution in [1.29, 1.82) is 0 Å². The average Bonchev–Trinajstić information content (AvgIpc) is 3.14. The SMILES string of the molecule is O=C(COC(=O)Cn1cnc2c(oc3ccccc32)c1=O)Nc1ccc(OC(F)(F)F)cc1. The molecule has 0 radical (unpaired) electrons. The van der Waals surface area contributed by atoms with Crippen LogP contribution in [0.25, 0.3) is 22.1 Å². The second-order valence-corrected chi connectivity index (χ2v) is 6.73. The van der Waals surface area contributed by atoms with Crippen LogP contribution in [-0.4, -0.2) is 34.4 Å². The van der Waals surface area contributed by atoms with E-state index in [-0.39, 0.29) is 11.3 Å². The lowest BCUT2D eigenvalue weighted by molar-refractivity contribution is -0.274. The number of anilines is 1. The summed E-state index contributed by atoms with van der Waals surface area (Å²) in [6, 6.07) is 11.4. The first-order valence-electron chi connectivity index (χ1n) is 9.37. The van der Waals surface area contributed by atoms with Gasteiger partial charge in [-0.05, 0) is 36.4 Å². The third kappa shape index (κ3) is 5.11. The number of aromatic nitrogens is 2. The molecule has 4 rings (SSSR count). The molecule has 0 aliphatic heterocycles. The van der Waals surface area contributed by atoms with E-state index in [0.29, 0.717) is 16.5 Å². The molecular weight excluding hydrogens is 447 g/mol. The largest absolute Gasteiger partial charge is 0.573 e. The zero-order valence-electron chi connectivity index (χ0n) is 16.6. The van der Waals surface area contributed by atoms with Gasteiger partial charge in [-0.15, -0.1) is 13.2 Å². The highest BCUT2D eigenvalue weighted by Gasteiger charge is 2.31. The molecule has 0 spiro atoms. The van der Waals surface area contributed by atoms with Gasteiger partial charge >= 0.3 is 12.3 Å². The third-order valence-electron chi connectivity index (χ3n) is 4.39. The molecule has 0 atom stereocenters. The maximum absolute atomic E-state index is 12.6. The van der Waals surface area contributed by atoms with Crippen LogP contribution in [0, 0.1) is 0 Å². The molecular formula is C21H14F3N3O6. The van der Waals surface area contributed by atoms with Crippen LogP contribution in [-0.2, 0) is 20.9 Å². The number of hydrogen-bond acceptors (Lipinski definition) is 7. The molecule has 1 N–H and O–H groups in total. The van der Waals surface area contributed by atoms with E-state index in [2.05, 4.69) is 15.0 Å². The number of rotatable bonds is 6. The summed E-state index contributed by atoms with van der Waals surface area (Å²) in [6.07, 6.45) is -3.65. The number of benzene rings is 2. The van der Waals surface area contributed by atoms with Gasteiger partial charge in [0.05, 0.1) is 6.33 Å². The molecule has 9 nitrogen and oxygen atoms in total. The first-order chi connectivity index (χ1) is 15.7. The fourth-order valence-electron chi connectivity index (χ4n) is 3.00. The quantitative estimate of drug-likeness (QED) is 0.439. The number of ether oxygens (including phenoxy) is 2. The molecule has 0 fully saturated rings. The summed E-state index contributed by atoms with van der Waals surface area (Å²) in [5.74, 6) is -2.06. The van der Waals surface area contributed by atoms with Crippen LogP contribution in [0.4, 0.5) is 18.9 Å². The maximum atomic E-state index is 12.6. The highest BCUT2D eigenvalue weighted by atomic mass is 19.4. The van der Waals surface area contributed by atoms with Gasteiger partial charge in [-0.3, -0.25) is 19.0 Å². The summed E-state index contributed by atoms with van der Waals surface area (Å²) in [6.45, 7) is -1.18. The molecule has 2 aromatic heterocycles. The third-order valence-corrected chi connectivity index (χ3v) is 4.39. The van der Waals surface area contributed by atoms with Crippen molar-refractivity contribution < 1.29 is 36.7 Å². The Labute approximate surface area is 182 Å². The van der Waals surface area contributed by atoms with Gasteiger partial charge in [-0.1, -0.05) is 12.1 Å². The molecule has 170 valence electrons. The fourth-order valence-corrected chi connectivity index (χ4v) is 3.00. The van der Waals surface area contributed by atoms with Crippen molar-refractivity contribution in [2.75, 3.05) is 11.9 Å². The highest BCUT2D eigenvalue weighted by molar-refractivity contribution is 6.01. The van der Waals surface area contributed by atoms with E-state index in [1.54, 1.807) is 24.3 Å². The fraction of sp³-hybridized carbons (Fsp3) is 0.143. The van der Waals surface area contributed by atoms with Gasteiger partial charge < -0.3 is 19.2 Å². The first kappa shape index (κ1) is 21.9. The van der Waals surface area contributed by atoms with E-state index < -0.39 is 42.7 Å². The lowest BCUT2D eigenvalue weighted by Crippen LogP contribution is -2.27. The normalized spacial score (nSPS) is 11.5. The second kappa shape index (κ2) is 8.65. The number of esters is 1. The summed E-state index contributed by atoms with van der Waals surface area (Å²) in [4.78, 5) is 40.7. The monoisotopic (exact) mass is 461 g/mol. The number of carbonyl (C=O) groups is 2. The molecule has 33 heavy (non-hydrogen) atoms. The Hall–Kier alpha value is -4.35. The van der Waals surface area contributed by atoms with Crippen molar-refractivity contribution in [2.45, 2.75) is 12.9 Å². The predicted molar refractivity (Wildman–Crippen MR) is 108 cm³/mol. The van der Waals surface area contributed by atoms with E-state index in [4.69, 9.17) is 9.15 Å². The zero-order valence-corrected chi connectivity index (χ0v) is 16.6. The van der Waals surface area contributed by atoms with Gasteiger partial charge in [0.25, 0.3) is 11.5 Å². The van der Waals surface area contributed by atoms with E-state index in [9.17, 15) is 27.6 Å². The van der Waals surface area contributed by atoms with E-state index >= 15 is 0 Å². The zero-order chi connectivity index (χ0) is 23.6. The predicted octanol–water partition coefficient (Wildman–Crippen LogP) is 3.22. The van der Waals surface area contributed by atoms with Gasteiger partial charge in [0.2, 0.25) is 5.58 Å². The minimum atomic E-state index is -4.83. The number of hydrogen-bond donors (Lipinski definition) is 1. The van der Waals surface area contributed by atoms with Gasteiger partial charge in [-0.25, -0.2) is 4.98 Å². The second-order valence-electron chi connectivity index (χ2n) is 6.73. The molecule has 0 unspecified atom stereocenters. The first-order valence-corrected chi connectivity index (χ1v) is 9.37. The van der Waals surface area contributed by atoms with Crippen LogP contribution < -0.4 is 15.6 Å². The Morgan fingerprint density at radius 2 is 1.82 bits per heavy atom. The average molecular weight is 461 g/mol. The molecule has 4 aromatic rings. The molecule has 0 saturated carbocycles.